The second kappa shape index (κ2) is 6.13. The van der Waals surface area contributed by atoms with Gasteiger partial charge in [-0.2, -0.15) is 0 Å². The predicted octanol–water partition coefficient (Wildman–Crippen LogP) is 0.852. The fraction of sp³-hybridized carbons (Fsp3) is 0.923. The first kappa shape index (κ1) is 14.7. The maximum Gasteiger partial charge on any atom is 0.252 e. The predicted molar refractivity (Wildman–Crippen MR) is 66.9 cm³/mol. The summed E-state index contributed by atoms with van der Waals surface area (Å²) in [4.78, 5) is 13.7. The number of nitrogens with one attached hydrogen (secondary N) is 1. The van der Waals surface area contributed by atoms with Gasteiger partial charge in [0.2, 0.25) is 5.91 Å². The van der Waals surface area contributed by atoms with Crippen molar-refractivity contribution in [1.29, 1.82) is 0 Å². The Balaban J connectivity index is 1.53. The lowest BCUT2D eigenvalue weighted by Crippen LogP contribution is -2.40. The Hall–Kier alpha value is -0.750. The molecule has 0 unspecified atom stereocenters. The van der Waals surface area contributed by atoms with E-state index in [9.17, 15) is 13.6 Å². The van der Waals surface area contributed by atoms with Gasteiger partial charge < -0.3 is 15.3 Å². The fourth-order valence-electron chi connectivity index (χ4n) is 2.53. The quantitative estimate of drug-likeness (QED) is 0.756. The summed E-state index contributed by atoms with van der Waals surface area (Å²) in [7, 11) is 0. The van der Waals surface area contributed by atoms with Crippen LogP contribution in [-0.4, -0.2) is 54.6 Å². The molecule has 2 aliphatic rings. The molecule has 0 bridgehead atoms. The molecule has 1 saturated carbocycles. The Bertz CT molecular complexity index is 318. The number of halogens is 2. The van der Waals surface area contributed by atoms with Gasteiger partial charge in [0.25, 0.3) is 5.92 Å². The third kappa shape index (κ3) is 4.38. The standard InChI is InChI=1S/C13H22F2N2O2/c14-13(15)8-11(13)7-12(19)16-3-6-17-4-1-10(9-18)2-5-17/h10-11,18H,1-9H2,(H,16,19)/t11-/m1/s1. The van der Waals surface area contributed by atoms with E-state index in [4.69, 9.17) is 5.11 Å². The van der Waals surface area contributed by atoms with Crippen LogP contribution in [0.1, 0.15) is 25.7 Å². The van der Waals surface area contributed by atoms with Gasteiger partial charge in [-0.1, -0.05) is 0 Å². The van der Waals surface area contributed by atoms with Gasteiger partial charge >= 0.3 is 0 Å². The van der Waals surface area contributed by atoms with Crippen molar-refractivity contribution in [2.24, 2.45) is 11.8 Å². The van der Waals surface area contributed by atoms with Crippen molar-refractivity contribution >= 4 is 5.91 Å². The van der Waals surface area contributed by atoms with E-state index < -0.39 is 11.8 Å². The lowest BCUT2D eigenvalue weighted by molar-refractivity contribution is -0.122. The third-order valence-corrected chi connectivity index (χ3v) is 4.10. The zero-order chi connectivity index (χ0) is 13.9. The van der Waals surface area contributed by atoms with Gasteiger partial charge in [0.15, 0.2) is 0 Å². The normalized spacial score (nSPS) is 27.2. The number of hydrogen-bond acceptors (Lipinski definition) is 3. The van der Waals surface area contributed by atoms with Crippen LogP contribution >= 0.6 is 0 Å². The van der Waals surface area contributed by atoms with E-state index in [1.807, 2.05) is 0 Å². The van der Waals surface area contributed by atoms with E-state index in [0.29, 0.717) is 12.5 Å². The summed E-state index contributed by atoms with van der Waals surface area (Å²) in [6.07, 6.45) is 1.77. The lowest BCUT2D eigenvalue weighted by Gasteiger charge is -2.30. The maximum atomic E-state index is 12.6. The van der Waals surface area contributed by atoms with Crippen LogP contribution in [0, 0.1) is 11.8 Å². The lowest BCUT2D eigenvalue weighted by atomic mass is 9.98. The second-order valence-corrected chi connectivity index (χ2v) is 5.68. The summed E-state index contributed by atoms with van der Waals surface area (Å²) in [6.45, 7) is 3.38. The number of rotatable bonds is 6. The molecule has 2 N–H and O–H groups in total. The van der Waals surface area contributed by atoms with Gasteiger partial charge in [0.1, 0.15) is 0 Å². The van der Waals surface area contributed by atoms with E-state index in [2.05, 4.69) is 10.2 Å². The molecule has 1 amide bonds. The van der Waals surface area contributed by atoms with E-state index in [1.165, 1.54) is 0 Å². The largest absolute Gasteiger partial charge is 0.396 e. The van der Waals surface area contributed by atoms with Crippen LogP contribution in [-0.2, 0) is 4.79 Å². The summed E-state index contributed by atoms with van der Waals surface area (Å²) in [5.41, 5.74) is 0. The molecule has 0 aromatic carbocycles. The average molecular weight is 276 g/mol. The first-order valence-corrected chi connectivity index (χ1v) is 6.99. The van der Waals surface area contributed by atoms with Crippen molar-refractivity contribution in [2.45, 2.75) is 31.6 Å². The molecule has 110 valence electrons. The Kier molecular flexibility index (Phi) is 4.73. The highest BCUT2D eigenvalue weighted by Crippen LogP contribution is 2.50. The van der Waals surface area contributed by atoms with Crippen LogP contribution in [0.4, 0.5) is 8.78 Å². The van der Waals surface area contributed by atoms with Crippen molar-refractivity contribution in [2.75, 3.05) is 32.8 Å². The summed E-state index contributed by atoms with van der Waals surface area (Å²) in [6, 6.07) is 0. The van der Waals surface area contributed by atoms with Gasteiger partial charge in [0, 0.05) is 38.5 Å². The molecule has 19 heavy (non-hydrogen) atoms. The zero-order valence-corrected chi connectivity index (χ0v) is 11.1. The monoisotopic (exact) mass is 276 g/mol. The SMILES string of the molecule is O=C(C[C@@H]1CC1(F)F)NCCN1CCC(CO)CC1. The highest BCUT2D eigenvalue weighted by molar-refractivity contribution is 5.76. The highest BCUT2D eigenvalue weighted by atomic mass is 19.3. The molecule has 1 aliphatic heterocycles. The molecule has 6 heteroatoms. The van der Waals surface area contributed by atoms with E-state index in [1.54, 1.807) is 0 Å². The van der Waals surface area contributed by atoms with Crippen molar-refractivity contribution < 1.29 is 18.7 Å². The number of carbonyl (C=O) groups excluding carboxylic acids is 1. The number of nitrogens with zero attached hydrogens (tertiary/aromatic N) is 1. The Morgan fingerprint density at radius 2 is 2.00 bits per heavy atom. The van der Waals surface area contributed by atoms with E-state index in [0.717, 1.165) is 32.5 Å². The van der Waals surface area contributed by atoms with Gasteiger partial charge in [0.05, 0.1) is 0 Å². The van der Waals surface area contributed by atoms with Crippen molar-refractivity contribution in [3.05, 3.63) is 0 Å². The number of aliphatic hydroxyl groups is 1. The molecule has 0 radical (unpaired) electrons. The first-order chi connectivity index (χ1) is 9.01. The van der Waals surface area contributed by atoms with Crippen LogP contribution in [0.3, 0.4) is 0 Å². The minimum atomic E-state index is -2.61. The van der Waals surface area contributed by atoms with Crippen LogP contribution in [0.25, 0.3) is 0 Å². The Morgan fingerprint density at radius 3 is 2.53 bits per heavy atom. The molecule has 1 atom stereocenters. The molecule has 4 nitrogen and oxygen atoms in total. The molecule has 0 aromatic rings. The number of piperidine rings is 1. The van der Waals surface area contributed by atoms with Crippen LogP contribution < -0.4 is 5.32 Å². The number of alkyl halides is 2. The number of amides is 1. The number of aliphatic hydroxyl groups excluding tert-OH is 1. The van der Waals surface area contributed by atoms with Crippen molar-refractivity contribution in [1.82, 2.24) is 10.2 Å². The number of carbonyl (C=O) groups is 1. The molecule has 0 spiro atoms. The molecule has 0 aromatic heterocycles. The van der Waals surface area contributed by atoms with Crippen LogP contribution in [0.5, 0.6) is 0 Å². The van der Waals surface area contributed by atoms with Crippen LogP contribution in [0.2, 0.25) is 0 Å². The van der Waals surface area contributed by atoms with Gasteiger partial charge in [-0.15, -0.1) is 0 Å². The topological polar surface area (TPSA) is 52.6 Å². The van der Waals surface area contributed by atoms with Crippen molar-refractivity contribution in [3.8, 4) is 0 Å². The highest BCUT2D eigenvalue weighted by Gasteiger charge is 2.57. The molecule has 1 saturated heterocycles. The van der Waals surface area contributed by atoms with Crippen LogP contribution in [0.15, 0.2) is 0 Å². The second-order valence-electron chi connectivity index (χ2n) is 5.68. The van der Waals surface area contributed by atoms with Gasteiger partial charge in [-0.3, -0.25) is 4.79 Å². The molecule has 2 rings (SSSR count). The van der Waals surface area contributed by atoms with Gasteiger partial charge in [-0.25, -0.2) is 8.78 Å². The Labute approximate surface area is 112 Å². The van der Waals surface area contributed by atoms with E-state index >= 15 is 0 Å². The molecule has 1 heterocycles. The molecule has 2 fully saturated rings. The summed E-state index contributed by atoms with van der Waals surface area (Å²) in [5.74, 6) is -3.22. The molecule has 1 aliphatic carbocycles. The smallest absolute Gasteiger partial charge is 0.252 e. The summed E-state index contributed by atoms with van der Waals surface area (Å²) in [5, 5.41) is 11.7. The minimum absolute atomic E-state index is 0.0560. The number of likely N-dealkylation sites (tertiary alicyclic amines) is 1. The minimum Gasteiger partial charge on any atom is -0.396 e. The van der Waals surface area contributed by atoms with E-state index in [-0.39, 0.29) is 25.4 Å². The third-order valence-electron chi connectivity index (χ3n) is 4.10. The first-order valence-electron chi connectivity index (χ1n) is 6.99. The maximum absolute atomic E-state index is 12.6. The fourth-order valence-corrected chi connectivity index (χ4v) is 2.53. The molecular weight excluding hydrogens is 254 g/mol. The Morgan fingerprint density at radius 1 is 1.37 bits per heavy atom. The van der Waals surface area contributed by atoms with Crippen molar-refractivity contribution in [3.63, 3.8) is 0 Å². The summed E-state index contributed by atoms with van der Waals surface area (Å²) >= 11 is 0. The summed E-state index contributed by atoms with van der Waals surface area (Å²) < 4.78 is 25.3. The average Bonchev–Trinajstić information content (AvgIpc) is 2.97. The molecular formula is C13H22F2N2O2. The number of hydrogen-bond donors (Lipinski definition) is 2. The zero-order valence-electron chi connectivity index (χ0n) is 11.1. The van der Waals surface area contributed by atoms with Gasteiger partial charge in [-0.05, 0) is 31.8 Å².